The highest BCUT2D eigenvalue weighted by Crippen LogP contribution is 2.27. The third-order valence-electron chi connectivity index (χ3n) is 5.44. The van der Waals surface area contributed by atoms with E-state index in [1.54, 1.807) is 0 Å². The fourth-order valence-electron chi connectivity index (χ4n) is 3.83. The summed E-state index contributed by atoms with van der Waals surface area (Å²) >= 11 is 0. The number of nitrogens with zero attached hydrogens (tertiary/aromatic N) is 2. The van der Waals surface area contributed by atoms with E-state index in [2.05, 4.69) is 10.2 Å². The number of amides is 1. The molecule has 0 bridgehead atoms. The molecule has 7 nitrogen and oxygen atoms in total. The van der Waals surface area contributed by atoms with Gasteiger partial charge in [-0.3, -0.25) is 4.79 Å². The van der Waals surface area contributed by atoms with Crippen molar-refractivity contribution >= 4 is 27.3 Å². The second-order valence-corrected chi connectivity index (χ2v) is 9.25. The highest BCUT2D eigenvalue weighted by Gasteiger charge is 2.39. The number of anilines is 2. The van der Waals surface area contributed by atoms with E-state index >= 15 is 0 Å². The van der Waals surface area contributed by atoms with Crippen molar-refractivity contribution in [3.8, 4) is 0 Å². The van der Waals surface area contributed by atoms with Gasteiger partial charge in [0.05, 0.1) is 18.1 Å². The van der Waals surface area contributed by atoms with E-state index in [1.165, 1.54) is 16.4 Å². The Bertz CT molecular complexity index is 990. The monoisotopic (exact) mass is 433 g/mol. The van der Waals surface area contributed by atoms with Gasteiger partial charge < -0.3 is 15.0 Å². The number of ether oxygens (including phenoxy) is 1. The predicted octanol–water partition coefficient (Wildman–Crippen LogP) is 2.45. The first-order valence-electron chi connectivity index (χ1n) is 9.96. The van der Waals surface area contributed by atoms with Crippen molar-refractivity contribution in [1.29, 1.82) is 0 Å². The molecule has 1 atom stereocenters. The Labute approximate surface area is 175 Å². The summed E-state index contributed by atoms with van der Waals surface area (Å²) in [6.45, 7) is 3.29. The van der Waals surface area contributed by atoms with Crippen LogP contribution in [0.5, 0.6) is 0 Å². The van der Waals surface area contributed by atoms with Crippen LogP contribution in [0.15, 0.2) is 53.4 Å². The first-order chi connectivity index (χ1) is 14.4. The van der Waals surface area contributed by atoms with E-state index in [9.17, 15) is 17.6 Å². The molecule has 2 fully saturated rings. The normalized spacial score (nSPS) is 20.3. The van der Waals surface area contributed by atoms with Gasteiger partial charge in [0.2, 0.25) is 15.9 Å². The molecule has 30 heavy (non-hydrogen) atoms. The second-order valence-electron chi connectivity index (χ2n) is 7.36. The minimum Gasteiger partial charge on any atom is -0.378 e. The molecule has 1 N–H and O–H groups in total. The summed E-state index contributed by atoms with van der Waals surface area (Å²) in [5, 5.41) is 2.83. The lowest BCUT2D eigenvalue weighted by Crippen LogP contribution is -2.43. The molecule has 0 aromatic heterocycles. The number of rotatable bonds is 5. The van der Waals surface area contributed by atoms with E-state index in [0.717, 1.165) is 30.9 Å². The van der Waals surface area contributed by atoms with Crippen LogP contribution >= 0.6 is 0 Å². The van der Waals surface area contributed by atoms with Crippen LogP contribution in [0.2, 0.25) is 0 Å². The van der Waals surface area contributed by atoms with Crippen LogP contribution in [-0.2, 0) is 19.6 Å². The van der Waals surface area contributed by atoms with Crippen LogP contribution in [0.1, 0.15) is 12.8 Å². The summed E-state index contributed by atoms with van der Waals surface area (Å²) in [6.07, 6.45) is 1.03. The smallest absolute Gasteiger partial charge is 0.243 e. The molecule has 0 unspecified atom stereocenters. The zero-order valence-electron chi connectivity index (χ0n) is 16.5. The Morgan fingerprint density at radius 2 is 1.67 bits per heavy atom. The van der Waals surface area contributed by atoms with Crippen molar-refractivity contribution < 1.29 is 22.3 Å². The van der Waals surface area contributed by atoms with Crippen LogP contribution in [0.25, 0.3) is 0 Å². The molecule has 4 rings (SSSR count). The summed E-state index contributed by atoms with van der Waals surface area (Å²) in [7, 11) is -3.88. The van der Waals surface area contributed by atoms with Crippen LogP contribution in [-0.4, -0.2) is 57.5 Å². The van der Waals surface area contributed by atoms with E-state index in [1.807, 2.05) is 24.3 Å². The molecule has 2 aromatic rings. The molecular weight excluding hydrogens is 409 g/mol. The number of hydrogen-bond donors (Lipinski definition) is 1. The van der Waals surface area contributed by atoms with Gasteiger partial charge in [-0.2, -0.15) is 4.31 Å². The minimum atomic E-state index is -3.88. The third kappa shape index (κ3) is 4.33. The molecule has 0 spiro atoms. The van der Waals surface area contributed by atoms with Crippen molar-refractivity contribution in [3.63, 3.8) is 0 Å². The number of benzene rings is 2. The summed E-state index contributed by atoms with van der Waals surface area (Å²) in [5.74, 6) is -0.873. The fourth-order valence-corrected chi connectivity index (χ4v) is 5.49. The maximum absolute atomic E-state index is 13.2. The van der Waals surface area contributed by atoms with Crippen molar-refractivity contribution in [1.82, 2.24) is 4.31 Å². The predicted molar refractivity (Wildman–Crippen MR) is 111 cm³/mol. The topological polar surface area (TPSA) is 79.0 Å². The number of nitrogens with one attached hydrogen (secondary N) is 1. The molecular formula is C21H24FN3O4S. The maximum Gasteiger partial charge on any atom is 0.243 e. The molecule has 1 amide bonds. The zero-order valence-corrected chi connectivity index (χ0v) is 17.3. The minimum absolute atomic E-state index is 0.0153. The molecule has 2 aliphatic rings. The van der Waals surface area contributed by atoms with Crippen molar-refractivity contribution in [2.24, 2.45) is 0 Å². The van der Waals surface area contributed by atoms with Gasteiger partial charge in [-0.15, -0.1) is 0 Å². The lowest BCUT2D eigenvalue weighted by atomic mass is 10.2. The van der Waals surface area contributed by atoms with Crippen molar-refractivity contribution in [3.05, 3.63) is 54.3 Å². The van der Waals surface area contributed by atoms with E-state index in [0.29, 0.717) is 31.7 Å². The average Bonchev–Trinajstić information content (AvgIpc) is 3.26. The van der Waals surface area contributed by atoms with Crippen LogP contribution < -0.4 is 10.2 Å². The lowest BCUT2D eigenvalue weighted by Gasteiger charge is -2.29. The number of halogens is 1. The fraction of sp³-hybridized carbons (Fsp3) is 0.381. The second kappa shape index (κ2) is 8.71. The van der Waals surface area contributed by atoms with Gasteiger partial charge in [-0.25, -0.2) is 12.8 Å². The molecule has 0 saturated carbocycles. The Balaban J connectivity index is 1.45. The quantitative estimate of drug-likeness (QED) is 0.784. The molecule has 2 aromatic carbocycles. The third-order valence-corrected chi connectivity index (χ3v) is 7.36. The molecule has 0 aliphatic carbocycles. The standard InChI is InChI=1S/C21H24FN3O4S/c22-16-3-9-19(10-4-16)30(27,28)25-11-1-2-20(25)21(26)23-17-5-7-18(8-6-17)24-12-14-29-15-13-24/h3-10,20H,1-2,11-15H2,(H,23,26)/t20-/m1/s1. The number of carbonyl (C=O) groups is 1. The first kappa shape index (κ1) is 20.8. The number of carbonyl (C=O) groups excluding carboxylic acids is 1. The highest BCUT2D eigenvalue weighted by atomic mass is 32.2. The molecule has 0 radical (unpaired) electrons. The Morgan fingerprint density at radius 3 is 2.33 bits per heavy atom. The van der Waals surface area contributed by atoms with Crippen molar-refractivity contribution in [2.75, 3.05) is 43.1 Å². The Kier molecular flexibility index (Phi) is 6.03. The van der Waals surface area contributed by atoms with E-state index in [4.69, 9.17) is 4.74 Å². The first-order valence-corrected chi connectivity index (χ1v) is 11.4. The van der Waals surface area contributed by atoms with Gasteiger partial charge >= 0.3 is 0 Å². The van der Waals surface area contributed by atoms with Gasteiger partial charge in [0.25, 0.3) is 0 Å². The Hall–Kier alpha value is -2.49. The Morgan fingerprint density at radius 1 is 1.00 bits per heavy atom. The van der Waals surface area contributed by atoms with Gasteiger partial charge in [0, 0.05) is 31.0 Å². The number of hydrogen-bond acceptors (Lipinski definition) is 5. The summed E-state index contributed by atoms with van der Waals surface area (Å²) in [4.78, 5) is 15.0. The van der Waals surface area contributed by atoms with E-state index < -0.39 is 21.9 Å². The average molecular weight is 434 g/mol. The summed E-state index contributed by atoms with van der Waals surface area (Å²) < 4.78 is 45.6. The molecule has 9 heteroatoms. The van der Waals surface area contributed by atoms with Gasteiger partial charge in [-0.1, -0.05) is 0 Å². The summed E-state index contributed by atoms with van der Waals surface area (Å²) in [5.41, 5.74) is 1.67. The zero-order chi connectivity index (χ0) is 21.1. The maximum atomic E-state index is 13.2. The molecule has 2 aliphatic heterocycles. The SMILES string of the molecule is O=C(Nc1ccc(N2CCOCC2)cc1)[C@H]1CCCN1S(=O)(=O)c1ccc(F)cc1. The number of morpholine rings is 1. The van der Waals surface area contributed by atoms with Crippen molar-refractivity contribution in [2.45, 2.75) is 23.8 Å². The largest absolute Gasteiger partial charge is 0.378 e. The molecule has 2 saturated heterocycles. The highest BCUT2D eigenvalue weighted by molar-refractivity contribution is 7.89. The molecule has 160 valence electrons. The van der Waals surface area contributed by atoms with Gasteiger partial charge in [-0.05, 0) is 61.4 Å². The van der Waals surface area contributed by atoms with Gasteiger partial charge in [0.1, 0.15) is 11.9 Å². The van der Waals surface area contributed by atoms with Gasteiger partial charge in [0.15, 0.2) is 0 Å². The van der Waals surface area contributed by atoms with E-state index in [-0.39, 0.29) is 17.3 Å². The van der Waals surface area contributed by atoms with Crippen LogP contribution in [0.3, 0.4) is 0 Å². The number of sulfonamides is 1. The lowest BCUT2D eigenvalue weighted by molar-refractivity contribution is -0.119. The molecule has 2 heterocycles. The van der Waals surface area contributed by atoms with Crippen LogP contribution in [0.4, 0.5) is 15.8 Å². The summed E-state index contributed by atoms with van der Waals surface area (Å²) in [6, 6.07) is 11.4. The van der Waals surface area contributed by atoms with Crippen LogP contribution in [0, 0.1) is 5.82 Å².